The molecule has 7 nitrogen and oxygen atoms in total. The Hall–Kier alpha value is -3.32. The van der Waals surface area contributed by atoms with Gasteiger partial charge in [-0.05, 0) is 37.0 Å². The maximum atomic E-state index is 13.8. The second-order valence-corrected chi connectivity index (χ2v) is 10.8. The van der Waals surface area contributed by atoms with E-state index in [4.69, 9.17) is 9.47 Å². The number of benzene rings is 2. The Morgan fingerprint density at radius 3 is 2.29 bits per heavy atom. The van der Waals surface area contributed by atoms with Crippen LogP contribution in [0.1, 0.15) is 75.8 Å². The Morgan fingerprint density at radius 2 is 1.51 bits per heavy atom. The molecule has 2 amide bonds. The average molecular weight is 564 g/mol. The number of aromatic nitrogens is 1. The third-order valence-corrected chi connectivity index (χ3v) is 7.68. The van der Waals surface area contributed by atoms with Crippen molar-refractivity contribution >= 4 is 22.7 Å². The van der Waals surface area contributed by atoms with E-state index in [0.717, 1.165) is 36.1 Å². The molecule has 0 bridgehead atoms. The van der Waals surface area contributed by atoms with Crippen molar-refractivity contribution in [2.45, 2.75) is 77.7 Å². The number of carbonyl (C=O) groups is 2. The molecule has 1 aromatic heterocycles. The van der Waals surface area contributed by atoms with Gasteiger partial charge in [0.15, 0.2) is 0 Å². The van der Waals surface area contributed by atoms with E-state index >= 15 is 0 Å². The topological polar surface area (TPSA) is 74.9 Å². The van der Waals surface area contributed by atoms with E-state index in [1.165, 1.54) is 36.6 Å². The summed E-state index contributed by atoms with van der Waals surface area (Å²) in [5, 5.41) is 1.17. The zero-order valence-electron chi connectivity index (χ0n) is 25.3. The molecule has 224 valence electrons. The Kier molecular flexibility index (Phi) is 14.3. The molecule has 7 heteroatoms. The first kappa shape index (κ1) is 32.2. The lowest BCUT2D eigenvalue weighted by Crippen LogP contribution is -2.44. The number of ether oxygens (including phenoxy) is 2. The van der Waals surface area contributed by atoms with Crippen LogP contribution in [0.5, 0.6) is 5.75 Å². The number of nitrogens with one attached hydrogen (secondary N) is 1. The van der Waals surface area contributed by atoms with Crippen LogP contribution < -0.4 is 4.74 Å². The quantitative estimate of drug-likeness (QED) is 0.154. The fraction of sp³-hybridized carbons (Fsp3) is 0.529. The number of rotatable bonds is 20. The van der Waals surface area contributed by atoms with Gasteiger partial charge in [-0.2, -0.15) is 0 Å². The van der Waals surface area contributed by atoms with Crippen molar-refractivity contribution < 1.29 is 19.1 Å². The first-order valence-corrected chi connectivity index (χ1v) is 15.3. The Morgan fingerprint density at radius 1 is 0.780 bits per heavy atom. The highest BCUT2D eigenvalue weighted by Gasteiger charge is 2.22. The van der Waals surface area contributed by atoms with Gasteiger partial charge in [0.05, 0.1) is 13.7 Å². The van der Waals surface area contributed by atoms with Crippen LogP contribution in [-0.4, -0.2) is 67.1 Å². The van der Waals surface area contributed by atoms with Gasteiger partial charge in [-0.1, -0.05) is 81.8 Å². The number of carbonyl (C=O) groups excluding carboxylic acids is 2. The molecule has 0 fully saturated rings. The smallest absolute Gasteiger partial charge is 0.242 e. The zero-order valence-corrected chi connectivity index (χ0v) is 25.3. The average Bonchev–Trinajstić information content (AvgIpc) is 3.41. The van der Waals surface area contributed by atoms with Crippen LogP contribution in [0.4, 0.5) is 0 Å². The predicted molar refractivity (Wildman–Crippen MR) is 166 cm³/mol. The molecule has 0 radical (unpaired) electrons. The highest BCUT2D eigenvalue weighted by atomic mass is 16.5. The van der Waals surface area contributed by atoms with Gasteiger partial charge in [0.2, 0.25) is 11.8 Å². The van der Waals surface area contributed by atoms with Gasteiger partial charge in [0.1, 0.15) is 5.75 Å². The lowest BCUT2D eigenvalue weighted by atomic mass is 10.1. The first-order valence-electron chi connectivity index (χ1n) is 15.3. The Balaban J connectivity index is 1.69. The molecule has 3 aromatic rings. The molecule has 3 rings (SSSR count). The molecule has 0 spiro atoms. The molecule has 0 aliphatic carbocycles. The number of para-hydroxylation sites is 2. The molecule has 0 saturated carbocycles. The SMILES string of the molecule is CCCCCCCCCC(=O)N(CCCOC)CC(=O)N(CCc1c[nH]c2ccccc12)Cc1ccccc1OC. The van der Waals surface area contributed by atoms with Gasteiger partial charge in [-0.3, -0.25) is 9.59 Å². The van der Waals surface area contributed by atoms with Crippen molar-refractivity contribution in [1.29, 1.82) is 0 Å². The van der Waals surface area contributed by atoms with Gasteiger partial charge in [-0.25, -0.2) is 0 Å². The molecule has 0 unspecified atom stereocenters. The summed E-state index contributed by atoms with van der Waals surface area (Å²) in [6.07, 6.45) is 12.0. The third-order valence-electron chi connectivity index (χ3n) is 7.68. The van der Waals surface area contributed by atoms with Crippen molar-refractivity contribution in [3.8, 4) is 5.75 Å². The molecule has 1 N–H and O–H groups in total. The van der Waals surface area contributed by atoms with E-state index in [2.05, 4.69) is 24.0 Å². The number of fused-ring (bicyclic) bond motifs is 1. The van der Waals surface area contributed by atoms with Crippen molar-refractivity contribution in [1.82, 2.24) is 14.8 Å². The number of nitrogens with zero attached hydrogens (tertiary/aromatic N) is 2. The molecule has 0 atom stereocenters. The number of hydrogen-bond donors (Lipinski definition) is 1. The van der Waals surface area contributed by atoms with Gasteiger partial charge in [0.25, 0.3) is 0 Å². The van der Waals surface area contributed by atoms with Crippen LogP contribution in [-0.2, 0) is 27.3 Å². The van der Waals surface area contributed by atoms with Crippen LogP contribution in [0.15, 0.2) is 54.7 Å². The maximum absolute atomic E-state index is 13.8. The summed E-state index contributed by atoms with van der Waals surface area (Å²) in [5.74, 6) is 0.752. The summed E-state index contributed by atoms with van der Waals surface area (Å²) < 4.78 is 10.8. The fourth-order valence-corrected chi connectivity index (χ4v) is 5.27. The molecule has 1 heterocycles. The summed E-state index contributed by atoms with van der Waals surface area (Å²) >= 11 is 0. The van der Waals surface area contributed by atoms with Crippen molar-refractivity contribution in [3.63, 3.8) is 0 Å². The van der Waals surface area contributed by atoms with Gasteiger partial charge in [0, 0.05) is 62.4 Å². The number of H-pyrrole nitrogens is 1. The summed E-state index contributed by atoms with van der Waals surface area (Å²) in [6, 6.07) is 16.0. The van der Waals surface area contributed by atoms with Crippen molar-refractivity contribution in [2.75, 3.05) is 40.5 Å². The molecule has 0 saturated heterocycles. The normalized spacial score (nSPS) is 11.1. The first-order chi connectivity index (χ1) is 20.1. The molecule has 2 aromatic carbocycles. The summed E-state index contributed by atoms with van der Waals surface area (Å²) in [5.41, 5.74) is 3.21. The second-order valence-electron chi connectivity index (χ2n) is 10.8. The number of amides is 2. The molecular weight excluding hydrogens is 514 g/mol. The van der Waals surface area contributed by atoms with E-state index in [9.17, 15) is 9.59 Å². The van der Waals surface area contributed by atoms with Gasteiger partial charge < -0.3 is 24.3 Å². The molecule has 0 aliphatic rings. The molecule has 41 heavy (non-hydrogen) atoms. The largest absolute Gasteiger partial charge is 0.496 e. The number of hydrogen-bond acceptors (Lipinski definition) is 4. The molecular formula is C34H49N3O4. The maximum Gasteiger partial charge on any atom is 0.242 e. The van der Waals surface area contributed by atoms with E-state index in [-0.39, 0.29) is 18.4 Å². The lowest BCUT2D eigenvalue weighted by Gasteiger charge is -2.28. The second kappa shape index (κ2) is 18.2. The highest BCUT2D eigenvalue weighted by molar-refractivity contribution is 5.85. The van der Waals surface area contributed by atoms with Crippen LogP contribution in [0.25, 0.3) is 10.9 Å². The van der Waals surface area contributed by atoms with E-state index < -0.39 is 0 Å². The van der Waals surface area contributed by atoms with E-state index in [0.29, 0.717) is 45.5 Å². The lowest BCUT2D eigenvalue weighted by molar-refractivity contribution is -0.141. The highest BCUT2D eigenvalue weighted by Crippen LogP contribution is 2.22. The number of unbranched alkanes of at least 4 members (excludes halogenated alkanes) is 6. The van der Waals surface area contributed by atoms with Crippen LogP contribution in [0.3, 0.4) is 0 Å². The standard InChI is InChI=1S/C34H49N3O4/c1-4-5-6-7-8-9-10-20-33(38)36(22-15-24-40-2)27-34(39)37(26-29-16-11-14-19-32(29)41-3)23-21-28-25-35-31-18-13-12-17-30(28)31/h11-14,16-19,25,35H,4-10,15,20-24,26-27H2,1-3H3. The van der Waals surface area contributed by atoms with Crippen LogP contribution in [0, 0.1) is 0 Å². The zero-order chi connectivity index (χ0) is 29.3. The minimum atomic E-state index is -0.0546. The number of methoxy groups -OCH3 is 2. The summed E-state index contributed by atoms with van der Waals surface area (Å²) in [7, 11) is 3.31. The summed E-state index contributed by atoms with van der Waals surface area (Å²) in [4.78, 5) is 34.1. The van der Waals surface area contributed by atoms with E-state index in [1.807, 2.05) is 47.5 Å². The van der Waals surface area contributed by atoms with Crippen LogP contribution in [0.2, 0.25) is 0 Å². The van der Waals surface area contributed by atoms with Crippen LogP contribution >= 0.6 is 0 Å². The Labute approximate surface area is 246 Å². The van der Waals surface area contributed by atoms with Crippen molar-refractivity contribution in [3.05, 3.63) is 65.9 Å². The molecule has 0 aliphatic heterocycles. The fourth-order valence-electron chi connectivity index (χ4n) is 5.27. The number of aromatic amines is 1. The van der Waals surface area contributed by atoms with E-state index in [1.54, 1.807) is 19.1 Å². The third kappa shape index (κ3) is 10.5. The summed E-state index contributed by atoms with van der Waals surface area (Å²) in [6.45, 7) is 4.32. The van der Waals surface area contributed by atoms with Crippen molar-refractivity contribution in [2.24, 2.45) is 0 Å². The Bertz CT molecular complexity index is 1190. The minimum absolute atomic E-state index is 0.0527. The predicted octanol–water partition coefficient (Wildman–Crippen LogP) is 6.75. The minimum Gasteiger partial charge on any atom is -0.496 e. The van der Waals surface area contributed by atoms with Gasteiger partial charge >= 0.3 is 0 Å². The monoisotopic (exact) mass is 563 g/mol. The van der Waals surface area contributed by atoms with Gasteiger partial charge in [-0.15, -0.1) is 0 Å².